The molecule has 0 amide bonds. The van der Waals surface area contributed by atoms with Crippen molar-refractivity contribution in [3.8, 4) is 0 Å². The lowest BCUT2D eigenvalue weighted by molar-refractivity contribution is 0.0600. The van der Waals surface area contributed by atoms with Gasteiger partial charge >= 0.3 is 5.97 Å². The number of carbonyl (C=O) groups is 1. The lowest BCUT2D eigenvalue weighted by atomic mass is 10.1. The molecule has 0 fully saturated rings. The van der Waals surface area contributed by atoms with Crippen LogP contribution in [-0.4, -0.2) is 20.2 Å². The van der Waals surface area contributed by atoms with Crippen molar-refractivity contribution >= 4 is 5.97 Å². The van der Waals surface area contributed by atoms with Crippen molar-refractivity contribution in [1.82, 2.24) is 0 Å². The van der Waals surface area contributed by atoms with Gasteiger partial charge in [0.05, 0.1) is 19.3 Å². The summed E-state index contributed by atoms with van der Waals surface area (Å²) < 4.78 is 9.50. The zero-order valence-corrected chi connectivity index (χ0v) is 7.74. The highest BCUT2D eigenvalue weighted by molar-refractivity contribution is 5.89. The second-order valence-electron chi connectivity index (χ2n) is 2.62. The van der Waals surface area contributed by atoms with E-state index in [4.69, 9.17) is 4.74 Å². The van der Waals surface area contributed by atoms with E-state index in [1.54, 1.807) is 19.2 Å². The summed E-state index contributed by atoms with van der Waals surface area (Å²) in [5.74, 6) is -0.316. The lowest BCUT2D eigenvalue weighted by Crippen LogP contribution is -2.00. The number of hydrogen-bond acceptors (Lipinski definition) is 3. The van der Waals surface area contributed by atoms with E-state index < -0.39 is 0 Å². The summed E-state index contributed by atoms with van der Waals surface area (Å²) in [6.45, 7) is 0.557. The third-order valence-electron chi connectivity index (χ3n) is 1.69. The van der Waals surface area contributed by atoms with Gasteiger partial charge in [0.25, 0.3) is 0 Å². The first-order valence-corrected chi connectivity index (χ1v) is 3.94. The van der Waals surface area contributed by atoms with Crippen LogP contribution in [0.3, 0.4) is 0 Å². The van der Waals surface area contributed by atoms with Gasteiger partial charge in [0.1, 0.15) is 0 Å². The van der Waals surface area contributed by atoms with Gasteiger partial charge in [-0.05, 0) is 17.7 Å². The van der Waals surface area contributed by atoms with Crippen LogP contribution in [0.2, 0.25) is 0 Å². The summed E-state index contributed by atoms with van der Waals surface area (Å²) in [4.78, 5) is 11.0. The SMILES string of the molecule is COCc1ccc(C(=O)OC)cc1. The molecule has 3 heteroatoms. The molecular formula is C10H12O3. The Labute approximate surface area is 77.3 Å². The summed E-state index contributed by atoms with van der Waals surface area (Å²) in [7, 11) is 3.00. The molecule has 1 aromatic rings. The van der Waals surface area contributed by atoms with Gasteiger partial charge in [-0.3, -0.25) is 0 Å². The normalized spacial score (nSPS) is 9.69. The minimum atomic E-state index is -0.316. The molecule has 0 radical (unpaired) electrons. The molecule has 0 heterocycles. The first-order valence-electron chi connectivity index (χ1n) is 3.94. The molecule has 0 N–H and O–H groups in total. The maximum atomic E-state index is 11.0. The molecule has 0 atom stereocenters. The Morgan fingerprint density at radius 3 is 2.31 bits per heavy atom. The van der Waals surface area contributed by atoms with Crippen LogP contribution in [0.25, 0.3) is 0 Å². The molecule has 3 nitrogen and oxygen atoms in total. The molecular weight excluding hydrogens is 168 g/mol. The molecule has 0 spiro atoms. The van der Waals surface area contributed by atoms with E-state index in [9.17, 15) is 4.79 Å². The Morgan fingerprint density at radius 1 is 1.23 bits per heavy atom. The van der Waals surface area contributed by atoms with Crippen LogP contribution in [0.15, 0.2) is 24.3 Å². The van der Waals surface area contributed by atoms with Crippen molar-refractivity contribution in [3.05, 3.63) is 35.4 Å². The first kappa shape index (κ1) is 9.74. The fourth-order valence-electron chi connectivity index (χ4n) is 1.02. The molecule has 70 valence electrons. The zero-order valence-electron chi connectivity index (χ0n) is 7.74. The minimum Gasteiger partial charge on any atom is -0.465 e. The van der Waals surface area contributed by atoms with E-state index >= 15 is 0 Å². The van der Waals surface area contributed by atoms with E-state index in [2.05, 4.69) is 4.74 Å². The molecule has 13 heavy (non-hydrogen) atoms. The third-order valence-corrected chi connectivity index (χ3v) is 1.69. The first-order chi connectivity index (χ1) is 6.27. The molecule has 1 aromatic carbocycles. The maximum Gasteiger partial charge on any atom is 0.337 e. The van der Waals surface area contributed by atoms with Gasteiger partial charge in [0.2, 0.25) is 0 Å². The number of esters is 1. The van der Waals surface area contributed by atoms with Crippen LogP contribution in [0, 0.1) is 0 Å². The number of carbonyl (C=O) groups excluding carboxylic acids is 1. The zero-order chi connectivity index (χ0) is 9.68. The largest absolute Gasteiger partial charge is 0.465 e. The van der Waals surface area contributed by atoms with Crippen LogP contribution >= 0.6 is 0 Å². The van der Waals surface area contributed by atoms with Crippen molar-refractivity contribution < 1.29 is 14.3 Å². The lowest BCUT2D eigenvalue weighted by Gasteiger charge is -2.01. The maximum absolute atomic E-state index is 11.0. The van der Waals surface area contributed by atoms with Crippen LogP contribution in [-0.2, 0) is 16.1 Å². The molecule has 0 saturated carbocycles. The van der Waals surface area contributed by atoms with Gasteiger partial charge in [0, 0.05) is 7.11 Å². The van der Waals surface area contributed by atoms with Gasteiger partial charge in [-0.25, -0.2) is 4.79 Å². The Bertz CT molecular complexity index is 277. The summed E-state index contributed by atoms with van der Waals surface area (Å²) in [5.41, 5.74) is 1.59. The van der Waals surface area contributed by atoms with Crippen LogP contribution < -0.4 is 0 Å². The summed E-state index contributed by atoms with van der Waals surface area (Å²) in [6, 6.07) is 7.13. The smallest absolute Gasteiger partial charge is 0.337 e. The van der Waals surface area contributed by atoms with E-state index in [1.165, 1.54) is 7.11 Å². The Kier molecular flexibility index (Phi) is 3.46. The van der Waals surface area contributed by atoms with Crippen LogP contribution in [0.1, 0.15) is 15.9 Å². The van der Waals surface area contributed by atoms with Crippen molar-refractivity contribution in [3.63, 3.8) is 0 Å². The van der Waals surface area contributed by atoms with Gasteiger partial charge in [-0.1, -0.05) is 12.1 Å². The Hall–Kier alpha value is -1.35. The number of hydrogen-bond donors (Lipinski definition) is 0. The number of benzene rings is 1. The van der Waals surface area contributed by atoms with Crippen LogP contribution in [0.4, 0.5) is 0 Å². The van der Waals surface area contributed by atoms with Gasteiger partial charge in [-0.15, -0.1) is 0 Å². The van der Waals surface area contributed by atoms with Crippen molar-refractivity contribution in [2.75, 3.05) is 14.2 Å². The summed E-state index contributed by atoms with van der Waals surface area (Å²) >= 11 is 0. The molecule has 0 aliphatic carbocycles. The number of methoxy groups -OCH3 is 2. The van der Waals surface area contributed by atoms with Gasteiger partial charge in [-0.2, -0.15) is 0 Å². The highest BCUT2D eigenvalue weighted by Gasteiger charge is 2.03. The topological polar surface area (TPSA) is 35.5 Å². The second-order valence-corrected chi connectivity index (χ2v) is 2.62. The molecule has 0 bridgehead atoms. The van der Waals surface area contributed by atoms with Crippen molar-refractivity contribution in [2.24, 2.45) is 0 Å². The standard InChI is InChI=1S/C10H12O3/c1-12-7-8-3-5-9(6-4-8)10(11)13-2/h3-6H,7H2,1-2H3. The highest BCUT2D eigenvalue weighted by Crippen LogP contribution is 2.06. The van der Waals surface area contributed by atoms with Crippen molar-refractivity contribution in [2.45, 2.75) is 6.61 Å². The summed E-state index contributed by atoms with van der Waals surface area (Å²) in [6.07, 6.45) is 0. The predicted molar refractivity (Wildman–Crippen MR) is 48.5 cm³/mol. The van der Waals surface area contributed by atoms with E-state index in [0.717, 1.165) is 5.56 Å². The Balaban J connectivity index is 2.75. The van der Waals surface area contributed by atoms with E-state index in [-0.39, 0.29) is 5.97 Å². The fraction of sp³-hybridized carbons (Fsp3) is 0.300. The monoisotopic (exact) mass is 180 g/mol. The molecule has 0 aliphatic heterocycles. The number of ether oxygens (including phenoxy) is 2. The average Bonchev–Trinajstić information content (AvgIpc) is 2.18. The van der Waals surface area contributed by atoms with Gasteiger partial charge < -0.3 is 9.47 Å². The fourth-order valence-corrected chi connectivity index (χ4v) is 1.02. The number of rotatable bonds is 3. The third kappa shape index (κ3) is 2.56. The molecule has 0 unspecified atom stereocenters. The molecule has 0 aromatic heterocycles. The molecule has 0 aliphatic rings. The summed E-state index contributed by atoms with van der Waals surface area (Å²) in [5, 5.41) is 0. The Morgan fingerprint density at radius 2 is 1.85 bits per heavy atom. The quantitative estimate of drug-likeness (QED) is 0.663. The van der Waals surface area contributed by atoms with E-state index in [1.807, 2.05) is 12.1 Å². The highest BCUT2D eigenvalue weighted by atomic mass is 16.5. The van der Waals surface area contributed by atoms with E-state index in [0.29, 0.717) is 12.2 Å². The van der Waals surface area contributed by atoms with Crippen LogP contribution in [0.5, 0.6) is 0 Å². The van der Waals surface area contributed by atoms with Crippen molar-refractivity contribution in [1.29, 1.82) is 0 Å². The molecule has 0 saturated heterocycles. The average molecular weight is 180 g/mol. The minimum absolute atomic E-state index is 0.316. The predicted octanol–water partition coefficient (Wildman–Crippen LogP) is 1.62. The second kappa shape index (κ2) is 4.62. The molecule has 1 rings (SSSR count). The van der Waals surface area contributed by atoms with Gasteiger partial charge in [0.15, 0.2) is 0 Å².